The Kier molecular flexibility index (Phi) is 5.67. The molecule has 1 N–H and O–H groups in total. The molecule has 0 radical (unpaired) electrons. The molecule has 1 aromatic carbocycles. The Hall–Kier alpha value is -1.04. The monoisotopic (exact) mass is 297 g/mol. The fourth-order valence-corrected chi connectivity index (χ4v) is 2.86. The first-order chi connectivity index (χ1) is 10.0. The summed E-state index contributed by atoms with van der Waals surface area (Å²) in [5, 5.41) is 3.28. The molecule has 0 aromatic heterocycles. The molecule has 0 saturated carbocycles. The van der Waals surface area contributed by atoms with E-state index < -0.39 is 11.6 Å². The van der Waals surface area contributed by atoms with Crippen molar-refractivity contribution in [2.24, 2.45) is 0 Å². The van der Waals surface area contributed by atoms with Gasteiger partial charge in [-0.1, -0.05) is 19.1 Å². The van der Waals surface area contributed by atoms with Gasteiger partial charge in [0, 0.05) is 43.8 Å². The third-order valence-corrected chi connectivity index (χ3v) is 4.29. The Morgan fingerprint density at radius 2 is 2.10 bits per heavy atom. The predicted molar refractivity (Wildman–Crippen MR) is 81.3 cm³/mol. The van der Waals surface area contributed by atoms with E-state index >= 15 is 0 Å². The van der Waals surface area contributed by atoms with Gasteiger partial charge in [-0.3, -0.25) is 4.90 Å². The quantitative estimate of drug-likeness (QED) is 0.899. The van der Waals surface area contributed by atoms with Gasteiger partial charge >= 0.3 is 0 Å². The summed E-state index contributed by atoms with van der Waals surface area (Å²) in [6.45, 7) is 8.52. The maximum atomic E-state index is 14.0. The lowest BCUT2D eigenvalue weighted by atomic mass is 10.0. The molecule has 5 heteroatoms. The van der Waals surface area contributed by atoms with Crippen molar-refractivity contribution in [3.63, 3.8) is 0 Å². The highest BCUT2D eigenvalue weighted by molar-refractivity contribution is 5.23. The number of nitrogens with zero attached hydrogens (tertiary/aromatic N) is 2. The van der Waals surface area contributed by atoms with E-state index in [1.807, 2.05) is 6.92 Å². The highest BCUT2D eigenvalue weighted by atomic mass is 19.2. The molecule has 0 amide bonds. The van der Waals surface area contributed by atoms with Crippen LogP contribution < -0.4 is 5.32 Å². The Morgan fingerprint density at radius 1 is 1.33 bits per heavy atom. The van der Waals surface area contributed by atoms with Crippen molar-refractivity contribution in [3.8, 4) is 0 Å². The van der Waals surface area contributed by atoms with Crippen molar-refractivity contribution >= 4 is 0 Å². The molecule has 2 rings (SSSR count). The van der Waals surface area contributed by atoms with Crippen LogP contribution in [0.1, 0.15) is 25.5 Å². The molecule has 1 aliphatic rings. The van der Waals surface area contributed by atoms with E-state index in [2.05, 4.69) is 29.1 Å². The first kappa shape index (κ1) is 16.3. The number of nitrogens with one attached hydrogen (secondary N) is 1. The van der Waals surface area contributed by atoms with E-state index in [1.54, 1.807) is 12.1 Å². The molecule has 3 nitrogen and oxygen atoms in total. The number of hydrogen-bond donors (Lipinski definition) is 1. The SMILES string of the molecule is CCNC(CN1CCN(C)C(C)C1)c1cccc(F)c1F. The van der Waals surface area contributed by atoms with Crippen molar-refractivity contribution in [3.05, 3.63) is 35.4 Å². The van der Waals surface area contributed by atoms with E-state index in [9.17, 15) is 8.78 Å². The molecule has 0 bridgehead atoms. The van der Waals surface area contributed by atoms with E-state index in [4.69, 9.17) is 0 Å². The molecule has 21 heavy (non-hydrogen) atoms. The first-order valence-corrected chi connectivity index (χ1v) is 7.62. The largest absolute Gasteiger partial charge is 0.309 e. The number of rotatable bonds is 5. The second-order valence-electron chi connectivity index (χ2n) is 5.84. The van der Waals surface area contributed by atoms with Crippen LogP contribution in [0, 0.1) is 11.6 Å². The average Bonchev–Trinajstić information content (AvgIpc) is 2.45. The molecule has 1 saturated heterocycles. The van der Waals surface area contributed by atoms with Crippen LogP contribution in [0.5, 0.6) is 0 Å². The van der Waals surface area contributed by atoms with Gasteiger partial charge in [-0.2, -0.15) is 0 Å². The summed E-state index contributed by atoms with van der Waals surface area (Å²) >= 11 is 0. The summed E-state index contributed by atoms with van der Waals surface area (Å²) in [4.78, 5) is 4.64. The maximum Gasteiger partial charge on any atom is 0.163 e. The van der Waals surface area contributed by atoms with Gasteiger partial charge in [0.25, 0.3) is 0 Å². The highest BCUT2D eigenvalue weighted by Gasteiger charge is 2.25. The van der Waals surface area contributed by atoms with Gasteiger partial charge in [0.2, 0.25) is 0 Å². The smallest absolute Gasteiger partial charge is 0.163 e. The van der Waals surface area contributed by atoms with Gasteiger partial charge in [0.1, 0.15) is 0 Å². The summed E-state index contributed by atoms with van der Waals surface area (Å²) in [5.74, 6) is -1.51. The van der Waals surface area contributed by atoms with Crippen LogP contribution in [-0.4, -0.2) is 55.6 Å². The zero-order chi connectivity index (χ0) is 15.4. The topological polar surface area (TPSA) is 18.5 Å². The van der Waals surface area contributed by atoms with Crippen LogP contribution >= 0.6 is 0 Å². The van der Waals surface area contributed by atoms with Crippen LogP contribution in [0.25, 0.3) is 0 Å². The van der Waals surface area contributed by atoms with Crippen LogP contribution in [0.3, 0.4) is 0 Å². The lowest BCUT2D eigenvalue weighted by Crippen LogP contribution is -2.51. The zero-order valence-electron chi connectivity index (χ0n) is 13.1. The van der Waals surface area contributed by atoms with Crippen LogP contribution in [0.4, 0.5) is 8.78 Å². The second kappa shape index (κ2) is 7.29. The molecule has 0 aliphatic carbocycles. The molecule has 1 heterocycles. The minimum absolute atomic E-state index is 0.179. The Morgan fingerprint density at radius 3 is 2.76 bits per heavy atom. The van der Waals surface area contributed by atoms with Crippen molar-refractivity contribution in [2.75, 3.05) is 39.8 Å². The zero-order valence-corrected chi connectivity index (χ0v) is 13.1. The third kappa shape index (κ3) is 3.99. The van der Waals surface area contributed by atoms with Crippen molar-refractivity contribution in [1.29, 1.82) is 0 Å². The second-order valence-corrected chi connectivity index (χ2v) is 5.84. The summed E-state index contributed by atoms with van der Waals surface area (Å²) in [6.07, 6.45) is 0. The molecule has 1 aliphatic heterocycles. The normalized spacial score (nSPS) is 22.4. The number of halogens is 2. The van der Waals surface area contributed by atoms with Crippen molar-refractivity contribution in [2.45, 2.75) is 25.9 Å². The van der Waals surface area contributed by atoms with Gasteiger partial charge in [0.05, 0.1) is 0 Å². The Bertz CT molecular complexity index is 467. The summed E-state index contributed by atoms with van der Waals surface area (Å²) in [5.41, 5.74) is 0.420. The summed E-state index contributed by atoms with van der Waals surface area (Å²) < 4.78 is 27.5. The van der Waals surface area contributed by atoms with Gasteiger partial charge in [-0.25, -0.2) is 8.78 Å². The minimum atomic E-state index is -0.776. The third-order valence-electron chi connectivity index (χ3n) is 4.29. The Labute approximate surface area is 125 Å². The van der Waals surface area contributed by atoms with Gasteiger partial charge in [-0.05, 0) is 26.6 Å². The molecule has 1 aromatic rings. The summed E-state index contributed by atoms with van der Waals surface area (Å²) in [6, 6.07) is 4.72. The first-order valence-electron chi connectivity index (χ1n) is 7.62. The van der Waals surface area contributed by atoms with Crippen LogP contribution in [0.15, 0.2) is 18.2 Å². The molecule has 1 fully saturated rings. The van der Waals surface area contributed by atoms with Crippen molar-refractivity contribution < 1.29 is 8.78 Å². The lowest BCUT2D eigenvalue weighted by molar-refractivity contribution is 0.0966. The lowest BCUT2D eigenvalue weighted by Gasteiger charge is -2.39. The molecule has 2 unspecified atom stereocenters. The minimum Gasteiger partial charge on any atom is -0.309 e. The average molecular weight is 297 g/mol. The molecule has 0 spiro atoms. The Balaban J connectivity index is 2.10. The van der Waals surface area contributed by atoms with Crippen LogP contribution in [-0.2, 0) is 0 Å². The van der Waals surface area contributed by atoms with Gasteiger partial charge in [0.15, 0.2) is 11.6 Å². The van der Waals surface area contributed by atoms with Crippen LogP contribution in [0.2, 0.25) is 0 Å². The van der Waals surface area contributed by atoms with E-state index in [0.717, 1.165) is 26.2 Å². The number of likely N-dealkylation sites (N-methyl/N-ethyl adjacent to an activating group) is 2. The maximum absolute atomic E-state index is 14.0. The number of hydrogen-bond acceptors (Lipinski definition) is 3. The van der Waals surface area contributed by atoms with Crippen molar-refractivity contribution in [1.82, 2.24) is 15.1 Å². The number of piperazine rings is 1. The fraction of sp³-hybridized carbons (Fsp3) is 0.625. The molecular formula is C16H25F2N3. The van der Waals surface area contributed by atoms with E-state index in [-0.39, 0.29) is 6.04 Å². The number of benzene rings is 1. The standard InChI is InChI=1S/C16H25F2N3/c1-4-19-15(13-6-5-7-14(17)16(13)18)11-21-9-8-20(3)12(2)10-21/h5-7,12,15,19H,4,8-11H2,1-3H3. The van der Waals surface area contributed by atoms with E-state index in [0.29, 0.717) is 18.2 Å². The highest BCUT2D eigenvalue weighted by Crippen LogP contribution is 2.21. The molecular weight excluding hydrogens is 272 g/mol. The van der Waals surface area contributed by atoms with Gasteiger partial charge < -0.3 is 10.2 Å². The molecule has 118 valence electrons. The van der Waals surface area contributed by atoms with Gasteiger partial charge in [-0.15, -0.1) is 0 Å². The fourth-order valence-electron chi connectivity index (χ4n) is 2.86. The predicted octanol–water partition coefficient (Wildman–Crippen LogP) is 2.25. The molecule has 2 atom stereocenters. The van der Waals surface area contributed by atoms with E-state index in [1.165, 1.54) is 6.07 Å². The summed E-state index contributed by atoms with van der Waals surface area (Å²) in [7, 11) is 2.12.